The Labute approximate surface area is 106 Å². The van der Waals surface area contributed by atoms with Crippen molar-refractivity contribution in [3.63, 3.8) is 0 Å². The Balaban J connectivity index is 2.68. The minimum absolute atomic E-state index is 0.171. The number of halogens is 2. The van der Waals surface area contributed by atoms with Crippen molar-refractivity contribution in [2.45, 2.75) is 0 Å². The van der Waals surface area contributed by atoms with E-state index in [0.717, 1.165) is 0 Å². The highest BCUT2D eigenvalue weighted by Crippen LogP contribution is 2.21. The first-order chi connectivity index (χ1) is 8.18. The third-order valence-corrected chi connectivity index (χ3v) is 3.17. The van der Waals surface area contributed by atoms with Gasteiger partial charge in [-0.3, -0.25) is 9.20 Å². The fourth-order valence-electron chi connectivity index (χ4n) is 1.78. The molecule has 0 aliphatic heterocycles. The molecule has 0 aliphatic carbocycles. The van der Waals surface area contributed by atoms with Crippen LogP contribution < -0.4 is 5.56 Å². The fraction of sp³-hybridized carbons (Fsp3) is 0. The zero-order valence-corrected chi connectivity index (χ0v) is 10.0. The number of pyridine rings is 1. The number of rotatable bonds is 0. The minimum atomic E-state index is -0.171. The first kappa shape index (κ1) is 10.6. The van der Waals surface area contributed by atoms with Crippen molar-refractivity contribution in [2.75, 3.05) is 0 Å². The maximum absolute atomic E-state index is 12.2. The zero-order valence-electron chi connectivity index (χ0n) is 8.52. The number of hydrogen-bond acceptors (Lipinski definition) is 2. The molecule has 3 nitrogen and oxygen atoms in total. The minimum Gasteiger partial charge on any atom is -0.268 e. The third kappa shape index (κ3) is 1.51. The average molecular weight is 265 g/mol. The number of aromatic nitrogens is 2. The van der Waals surface area contributed by atoms with E-state index in [1.165, 1.54) is 4.40 Å². The van der Waals surface area contributed by atoms with E-state index in [0.29, 0.717) is 26.6 Å². The van der Waals surface area contributed by atoms with Crippen LogP contribution in [0, 0.1) is 0 Å². The van der Waals surface area contributed by atoms with Gasteiger partial charge in [0.05, 0.1) is 20.9 Å². The van der Waals surface area contributed by atoms with Crippen molar-refractivity contribution in [1.29, 1.82) is 0 Å². The van der Waals surface area contributed by atoms with Crippen molar-refractivity contribution in [3.8, 4) is 0 Å². The summed E-state index contributed by atoms with van der Waals surface area (Å²) < 4.78 is 1.42. The van der Waals surface area contributed by atoms with Crippen LogP contribution in [0.4, 0.5) is 0 Å². The molecule has 0 bridgehead atoms. The van der Waals surface area contributed by atoms with Crippen molar-refractivity contribution in [1.82, 2.24) is 9.38 Å². The molecule has 0 unspecified atom stereocenters. The predicted molar refractivity (Wildman–Crippen MR) is 69.0 cm³/mol. The molecule has 0 saturated heterocycles. The molecule has 1 aromatic carbocycles. The largest absolute Gasteiger partial charge is 0.268 e. The number of nitrogens with zero attached hydrogens (tertiary/aromatic N) is 2. The van der Waals surface area contributed by atoms with Crippen LogP contribution in [-0.2, 0) is 0 Å². The lowest BCUT2D eigenvalue weighted by atomic mass is 10.2. The molecule has 84 valence electrons. The second-order valence-corrected chi connectivity index (χ2v) is 4.42. The van der Waals surface area contributed by atoms with E-state index >= 15 is 0 Å². The lowest BCUT2D eigenvalue weighted by Gasteiger charge is -2.05. The molecule has 17 heavy (non-hydrogen) atoms. The van der Waals surface area contributed by atoms with Gasteiger partial charge in [0, 0.05) is 6.20 Å². The Morgan fingerprint density at radius 1 is 1.06 bits per heavy atom. The summed E-state index contributed by atoms with van der Waals surface area (Å²) in [5.41, 5.74) is 0.724. The van der Waals surface area contributed by atoms with Gasteiger partial charge < -0.3 is 0 Å². The Hall–Kier alpha value is -1.58. The van der Waals surface area contributed by atoms with E-state index in [1.54, 1.807) is 36.5 Å². The molecular formula is C12H6Cl2N2O. The van der Waals surface area contributed by atoms with Crippen LogP contribution in [0.2, 0.25) is 10.0 Å². The SMILES string of the molecule is O=c1c2cccc(Cl)c2nc2c(Cl)cccn12. The molecule has 0 atom stereocenters. The van der Waals surface area contributed by atoms with Crippen molar-refractivity contribution >= 4 is 39.8 Å². The Morgan fingerprint density at radius 3 is 2.65 bits per heavy atom. The summed E-state index contributed by atoms with van der Waals surface area (Å²) in [5.74, 6) is 0. The molecule has 2 aromatic heterocycles. The Kier molecular flexibility index (Phi) is 2.31. The van der Waals surface area contributed by atoms with E-state index in [9.17, 15) is 4.79 Å². The molecule has 0 aliphatic rings. The van der Waals surface area contributed by atoms with Gasteiger partial charge in [-0.1, -0.05) is 29.3 Å². The van der Waals surface area contributed by atoms with Crippen LogP contribution in [0.25, 0.3) is 16.6 Å². The number of para-hydroxylation sites is 1. The molecule has 0 N–H and O–H groups in total. The highest BCUT2D eigenvalue weighted by molar-refractivity contribution is 6.35. The van der Waals surface area contributed by atoms with E-state index in [-0.39, 0.29) is 5.56 Å². The van der Waals surface area contributed by atoms with Crippen LogP contribution in [0.1, 0.15) is 0 Å². The van der Waals surface area contributed by atoms with Crippen molar-refractivity contribution < 1.29 is 0 Å². The maximum Gasteiger partial charge on any atom is 0.265 e. The van der Waals surface area contributed by atoms with E-state index in [1.807, 2.05) is 0 Å². The molecule has 2 heterocycles. The van der Waals surface area contributed by atoms with Gasteiger partial charge >= 0.3 is 0 Å². The van der Waals surface area contributed by atoms with Crippen LogP contribution in [-0.4, -0.2) is 9.38 Å². The highest BCUT2D eigenvalue weighted by atomic mass is 35.5. The van der Waals surface area contributed by atoms with Gasteiger partial charge in [0.1, 0.15) is 0 Å². The summed E-state index contributed by atoms with van der Waals surface area (Å²) in [6.45, 7) is 0. The summed E-state index contributed by atoms with van der Waals surface area (Å²) in [7, 11) is 0. The van der Waals surface area contributed by atoms with Gasteiger partial charge in [-0.05, 0) is 24.3 Å². The van der Waals surface area contributed by atoms with Gasteiger partial charge in [-0.25, -0.2) is 4.98 Å². The first-order valence-corrected chi connectivity index (χ1v) is 5.69. The molecule has 3 rings (SSSR count). The molecule has 0 fully saturated rings. The molecule has 0 amide bonds. The topological polar surface area (TPSA) is 34.4 Å². The monoisotopic (exact) mass is 264 g/mol. The second-order valence-electron chi connectivity index (χ2n) is 3.60. The predicted octanol–water partition coefficient (Wildman–Crippen LogP) is 3.15. The third-order valence-electron chi connectivity index (χ3n) is 2.57. The number of hydrogen-bond donors (Lipinski definition) is 0. The Morgan fingerprint density at radius 2 is 1.82 bits per heavy atom. The summed E-state index contributed by atoms with van der Waals surface area (Å²) in [6.07, 6.45) is 1.64. The lowest BCUT2D eigenvalue weighted by Crippen LogP contribution is -2.15. The van der Waals surface area contributed by atoms with Crippen LogP contribution >= 0.6 is 23.2 Å². The summed E-state index contributed by atoms with van der Waals surface area (Å²) in [6, 6.07) is 8.51. The molecule has 0 radical (unpaired) electrons. The van der Waals surface area contributed by atoms with Gasteiger partial charge in [-0.15, -0.1) is 0 Å². The average Bonchev–Trinajstić information content (AvgIpc) is 2.32. The summed E-state index contributed by atoms with van der Waals surface area (Å²) in [5, 5.41) is 1.35. The van der Waals surface area contributed by atoms with Gasteiger partial charge in [-0.2, -0.15) is 0 Å². The number of benzene rings is 1. The Bertz CT molecular complexity index is 732. The number of fused-ring (bicyclic) bond motifs is 2. The normalized spacial score (nSPS) is 11.2. The van der Waals surface area contributed by atoms with Crippen LogP contribution in [0.3, 0.4) is 0 Å². The first-order valence-electron chi connectivity index (χ1n) is 4.93. The van der Waals surface area contributed by atoms with Crippen molar-refractivity contribution in [3.05, 3.63) is 56.9 Å². The van der Waals surface area contributed by atoms with E-state index in [4.69, 9.17) is 23.2 Å². The second kappa shape index (κ2) is 3.72. The summed E-state index contributed by atoms with van der Waals surface area (Å²) >= 11 is 12.0. The van der Waals surface area contributed by atoms with Gasteiger partial charge in [0.2, 0.25) is 0 Å². The molecule has 5 heteroatoms. The van der Waals surface area contributed by atoms with E-state index in [2.05, 4.69) is 4.98 Å². The van der Waals surface area contributed by atoms with Crippen LogP contribution in [0.5, 0.6) is 0 Å². The molecular weight excluding hydrogens is 259 g/mol. The zero-order chi connectivity index (χ0) is 12.0. The quantitative estimate of drug-likeness (QED) is 0.585. The van der Waals surface area contributed by atoms with Crippen molar-refractivity contribution in [2.24, 2.45) is 0 Å². The molecule has 0 spiro atoms. The summed E-state index contributed by atoms with van der Waals surface area (Å²) in [4.78, 5) is 16.5. The standard InChI is InChI=1S/C12H6Cl2N2O/c13-8-4-1-3-7-10(8)15-11-9(14)5-2-6-16(11)12(7)17/h1-6H. The van der Waals surface area contributed by atoms with Crippen LogP contribution in [0.15, 0.2) is 41.3 Å². The lowest BCUT2D eigenvalue weighted by molar-refractivity contribution is 1.08. The smallest absolute Gasteiger partial charge is 0.265 e. The van der Waals surface area contributed by atoms with Gasteiger partial charge in [0.15, 0.2) is 5.65 Å². The van der Waals surface area contributed by atoms with E-state index < -0.39 is 0 Å². The fourth-order valence-corrected chi connectivity index (χ4v) is 2.21. The maximum atomic E-state index is 12.2. The molecule has 3 aromatic rings. The highest BCUT2D eigenvalue weighted by Gasteiger charge is 2.09. The molecule has 0 saturated carbocycles. The van der Waals surface area contributed by atoms with Gasteiger partial charge in [0.25, 0.3) is 5.56 Å².